The first-order valence-corrected chi connectivity index (χ1v) is 11.9. The predicted octanol–water partition coefficient (Wildman–Crippen LogP) is 3.01. The zero-order chi connectivity index (χ0) is 20.1. The summed E-state index contributed by atoms with van der Waals surface area (Å²) in [5.74, 6) is -0.104. The third-order valence-electron chi connectivity index (χ3n) is 4.51. The molecule has 0 bridgehead atoms. The van der Waals surface area contributed by atoms with E-state index in [-0.39, 0.29) is 17.3 Å². The highest BCUT2D eigenvalue weighted by atomic mass is 35.5. The van der Waals surface area contributed by atoms with Gasteiger partial charge in [-0.1, -0.05) is 29.8 Å². The quantitative estimate of drug-likeness (QED) is 0.700. The lowest BCUT2D eigenvalue weighted by Gasteiger charge is -2.33. The molecular weight excluding hydrogens is 418 g/mol. The van der Waals surface area contributed by atoms with Crippen molar-refractivity contribution < 1.29 is 13.2 Å². The van der Waals surface area contributed by atoms with Crippen LogP contribution in [0.2, 0.25) is 5.02 Å². The minimum Gasteiger partial charge on any atom is -0.324 e. The molecule has 6 nitrogen and oxygen atoms in total. The Bertz CT molecular complexity index is 945. The van der Waals surface area contributed by atoms with Gasteiger partial charge < -0.3 is 5.32 Å². The third kappa shape index (κ3) is 5.07. The van der Waals surface area contributed by atoms with E-state index in [0.29, 0.717) is 31.2 Å². The number of benzene rings is 2. The molecule has 28 heavy (non-hydrogen) atoms. The molecule has 0 saturated carbocycles. The molecule has 0 aromatic heterocycles. The highest BCUT2D eigenvalue weighted by Crippen LogP contribution is 2.25. The van der Waals surface area contributed by atoms with E-state index in [0.717, 1.165) is 10.6 Å². The van der Waals surface area contributed by atoms with Crippen molar-refractivity contribution in [3.8, 4) is 0 Å². The average Bonchev–Trinajstić information content (AvgIpc) is 2.69. The maximum atomic E-state index is 12.7. The first-order chi connectivity index (χ1) is 13.4. The summed E-state index contributed by atoms with van der Waals surface area (Å²) < 4.78 is 26.9. The van der Waals surface area contributed by atoms with Gasteiger partial charge in [-0.05, 0) is 36.6 Å². The molecule has 0 radical (unpaired) electrons. The Balaban J connectivity index is 1.56. The number of hydrogen-bond acceptors (Lipinski definition) is 5. The second kappa shape index (κ2) is 9.28. The standard InChI is InChI=1S/C19H22ClN3O3S2/c1-27-18-8-3-2-7-17(18)21-19(24)14-22-9-11-23(12-10-22)28(25,26)16-6-4-5-15(20)13-16/h2-8,13H,9-12,14H2,1H3,(H,21,24). The molecule has 1 amide bonds. The summed E-state index contributed by atoms with van der Waals surface area (Å²) in [5.41, 5.74) is 0.794. The van der Waals surface area contributed by atoms with Crippen molar-refractivity contribution in [1.29, 1.82) is 0 Å². The van der Waals surface area contributed by atoms with Gasteiger partial charge in [0.25, 0.3) is 0 Å². The van der Waals surface area contributed by atoms with Crippen LogP contribution in [-0.4, -0.2) is 62.5 Å². The fraction of sp³-hybridized carbons (Fsp3) is 0.316. The number of nitrogens with zero attached hydrogens (tertiary/aromatic N) is 2. The molecule has 1 saturated heterocycles. The van der Waals surface area contributed by atoms with Crippen molar-refractivity contribution >= 4 is 45.0 Å². The molecule has 9 heteroatoms. The monoisotopic (exact) mass is 439 g/mol. The van der Waals surface area contributed by atoms with Crippen LogP contribution in [0.25, 0.3) is 0 Å². The minimum absolute atomic E-state index is 0.104. The number of halogens is 1. The van der Waals surface area contributed by atoms with E-state index >= 15 is 0 Å². The summed E-state index contributed by atoms with van der Waals surface area (Å²) in [5, 5.41) is 3.32. The zero-order valence-electron chi connectivity index (χ0n) is 15.5. The van der Waals surface area contributed by atoms with E-state index in [9.17, 15) is 13.2 Å². The topological polar surface area (TPSA) is 69.7 Å². The third-order valence-corrected chi connectivity index (χ3v) is 7.44. The Morgan fingerprint density at radius 2 is 1.82 bits per heavy atom. The van der Waals surface area contributed by atoms with E-state index in [1.807, 2.05) is 35.4 Å². The van der Waals surface area contributed by atoms with Crippen LogP contribution in [0.4, 0.5) is 5.69 Å². The molecule has 1 aliphatic rings. The molecule has 0 unspecified atom stereocenters. The van der Waals surface area contributed by atoms with Crippen LogP contribution in [0, 0.1) is 0 Å². The largest absolute Gasteiger partial charge is 0.324 e. The van der Waals surface area contributed by atoms with Crippen LogP contribution in [0.5, 0.6) is 0 Å². The molecule has 1 heterocycles. The molecular formula is C19H22ClN3O3S2. The highest BCUT2D eigenvalue weighted by molar-refractivity contribution is 7.98. The van der Waals surface area contributed by atoms with Crippen LogP contribution in [0.1, 0.15) is 0 Å². The van der Waals surface area contributed by atoms with Crippen LogP contribution in [0.3, 0.4) is 0 Å². The van der Waals surface area contributed by atoms with Crippen molar-refractivity contribution in [3.63, 3.8) is 0 Å². The Morgan fingerprint density at radius 3 is 2.50 bits per heavy atom. The molecule has 1 fully saturated rings. The Morgan fingerprint density at radius 1 is 1.11 bits per heavy atom. The number of sulfonamides is 1. The smallest absolute Gasteiger partial charge is 0.243 e. The lowest BCUT2D eigenvalue weighted by Crippen LogP contribution is -2.50. The number of rotatable bonds is 6. The molecule has 0 aliphatic carbocycles. The van der Waals surface area contributed by atoms with Crippen LogP contribution in [0.15, 0.2) is 58.3 Å². The molecule has 1 N–H and O–H groups in total. The predicted molar refractivity (Wildman–Crippen MR) is 114 cm³/mol. The lowest BCUT2D eigenvalue weighted by atomic mass is 10.3. The average molecular weight is 440 g/mol. The molecule has 2 aromatic carbocycles. The van der Waals surface area contributed by atoms with Gasteiger partial charge in [-0.2, -0.15) is 4.31 Å². The number of hydrogen-bond donors (Lipinski definition) is 1. The fourth-order valence-electron chi connectivity index (χ4n) is 3.05. The Labute approximate surface area is 174 Å². The van der Waals surface area contributed by atoms with E-state index < -0.39 is 10.0 Å². The summed E-state index contributed by atoms with van der Waals surface area (Å²) in [6.07, 6.45) is 1.96. The summed E-state index contributed by atoms with van der Waals surface area (Å²) in [6, 6.07) is 13.9. The number of para-hydroxylation sites is 1. The SMILES string of the molecule is CSc1ccccc1NC(=O)CN1CCN(S(=O)(=O)c2cccc(Cl)c2)CC1. The first-order valence-electron chi connectivity index (χ1n) is 8.81. The van der Waals surface area contributed by atoms with E-state index in [2.05, 4.69) is 5.32 Å². The van der Waals surface area contributed by atoms with Crippen LogP contribution >= 0.6 is 23.4 Å². The van der Waals surface area contributed by atoms with Gasteiger partial charge in [0.05, 0.1) is 17.1 Å². The van der Waals surface area contributed by atoms with Gasteiger partial charge in [-0.3, -0.25) is 9.69 Å². The van der Waals surface area contributed by atoms with Gasteiger partial charge in [0.2, 0.25) is 15.9 Å². The summed E-state index contributed by atoms with van der Waals surface area (Å²) in [6.45, 7) is 1.90. The lowest BCUT2D eigenvalue weighted by molar-refractivity contribution is -0.117. The maximum Gasteiger partial charge on any atom is 0.243 e. The molecule has 1 aliphatic heterocycles. The number of amides is 1. The Kier molecular flexibility index (Phi) is 7.00. The van der Waals surface area contributed by atoms with Crippen LogP contribution in [-0.2, 0) is 14.8 Å². The van der Waals surface area contributed by atoms with Gasteiger partial charge in [0.15, 0.2) is 0 Å². The van der Waals surface area contributed by atoms with Crippen molar-refractivity contribution in [3.05, 3.63) is 53.6 Å². The molecule has 2 aromatic rings. The second-order valence-corrected chi connectivity index (χ2v) is 9.61. The summed E-state index contributed by atoms with van der Waals surface area (Å²) in [7, 11) is -3.58. The molecule has 150 valence electrons. The second-order valence-electron chi connectivity index (χ2n) is 6.39. The highest BCUT2D eigenvalue weighted by Gasteiger charge is 2.29. The first kappa shape index (κ1) is 21.1. The Hall–Kier alpha value is -1.58. The minimum atomic E-state index is -3.58. The van der Waals surface area contributed by atoms with Crippen molar-refractivity contribution in [2.45, 2.75) is 9.79 Å². The van der Waals surface area contributed by atoms with Crippen molar-refractivity contribution in [1.82, 2.24) is 9.21 Å². The van der Waals surface area contributed by atoms with Gasteiger partial charge >= 0.3 is 0 Å². The van der Waals surface area contributed by atoms with Gasteiger partial charge in [-0.25, -0.2) is 8.42 Å². The molecule has 0 atom stereocenters. The van der Waals surface area contributed by atoms with Gasteiger partial charge in [0, 0.05) is 36.1 Å². The molecule has 0 spiro atoms. The number of piperazine rings is 1. The normalized spacial score (nSPS) is 16.1. The number of thioether (sulfide) groups is 1. The maximum absolute atomic E-state index is 12.7. The molecule has 3 rings (SSSR count). The summed E-state index contributed by atoms with van der Waals surface area (Å²) >= 11 is 7.50. The van der Waals surface area contributed by atoms with Gasteiger partial charge in [0.1, 0.15) is 0 Å². The van der Waals surface area contributed by atoms with E-state index in [1.165, 1.54) is 10.4 Å². The van der Waals surface area contributed by atoms with E-state index in [1.54, 1.807) is 30.0 Å². The van der Waals surface area contributed by atoms with E-state index in [4.69, 9.17) is 11.6 Å². The number of carbonyl (C=O) groups is 1. The number of nitrogens with one attached hydrogen (secondary N) is 1. The summed E-state index contributed by atoms with van der Waals surface area (Å²) in [4.78, 5) is 15.5. The number of anilines is 1. The fourth-order valence-corrected chi connectivity index (χ4v) is 5.32. The van der Waals surface area contributed by atoms with Gasteiger partial charge in [-0.15, -0.1) is 11.8 Å². The van der Waals surface area contributed by atoms with Crippen molar-refractivity contribution in [2.24, 2.45) is 0 Å². The van der Waals surface area contributed by atoms with Crippen LogP contribution < -0.4 is 5.32 Å². The van der Waals surface area contributed by atoms with Crippen molar-refractivity contribution in [2.75, 3.05) is 44.3 Å². The zero-order valence-corrected chi connectivity index (χ0v) is 17.9. The number of carbonyl (C=O) groups excluding carboxylic acids is 1.